The monoisotopic (exact) mass is 383 g/mol. The number of ether oxygens (including phenoxy) is 1. The molecule has 3 aromatic heterocycles. The van der Waals surface area contributed by atoms with Crippen molar-refractivity contribution in [1.82, 2.24) is 25.2 Å². The van der Waals surface area contributed by atoms with E-state index >= 15 is 0 Å². The Bertz CT molecular complexity index is 989. The zero-order valence-corrected chi connectivity index (χ0v) is 15.7. The Hall–Kier alpha value is -2.29. The number of carbonyl (C=O) groups is 1. The number of nitrogens with zero attached hydrogens (tertiary/aromatic N) is 3. The van der Waals surface area contributed by atoms with E-state index in [4.69, 9.17) is 4.74 Å². The highest BCUT2D eigenvalue weighted by Gasteiger charge is 2.41. The van der Waals surface area contributed by atoms with Gasteiger partial charge in [-0.25, -0.2) is 0 Å². The van der Waals surface area contributed by atoms with E-state index in [1.54, 1.807) is 11.3 Å². The maximum Gasteiger partial charge on any atom is 0.261 e. The molecule has 0 saturated carbocycles. The van der Waals surface area contributed by atoms with Gasteiger partial charge in [-0.15, -0.1) is 21.5 Å². The highest BCUT2D eigenvalue weighted by molar-refractivity contribution is 7.14. The summed E-state index contributed by atoms with van der Waals surface area (Å²) in [6.07, 6.45) is 4.71. The molecular weight excluding hydrogens is 362 g/mol. The highest BCUT2D eigenvalue weighted by Crippen LogP contribution is 2.44. The second-order valence-corrected chi connectivity index (χ2v) is 8.09. The summed E-state index contributed by atoms with van der Waals surface area (Å²) < 4.78 is 8.10. The number of pyridine rings is 1. The van der Waals surface area contributed by atoms with Crippen LogP contribution in [0.3, 0.4) is 0 Å². The van der Waals surface area contributed by atoms with Gasteiger partial charge in [-0.05, 0) is 56.1 Å². The topological polar surface area (TPSA) is 80.6 Å². The van der Waals surface area contributed by atoms with Crippen molar-refractivity contribution in [2.75, 3.05) is 19.7 Å². The van der Waals surface area contributed by atoms with Crippen molar-refractivity contribution in [1.29, 1.82) is 0 Å². The molecule has 1 amide bonds. The van der Waals surface area contributed by atoms with E-state index in [9.17, 15) is 4.79 Å². The zero-order valence-electron chi connectivity index (χ0n) is 14.9. The molecule has 2 N–H and O–H groups in total. The van der Waals surface area contributed by atoms with Gasteiger partial charge >= 0.3 is 0 Å². The summed E-state index contributed by atoms with van der Waals surface area (Å²) in [4.78, 5) is 14.7. The van der Waals surface area contributed by atoms with Gasteiger partial charge in [0.05, 0.1) is 18.0 Å². The van der Waals surface area contributed by atoms with Crippen molar-refractivity contribution < 1.29 is 9.53 Å². The van der Waals surface area contributed by atoms with Crippen LogP contribution in [0, 0.1) is 0 Å². The average molecular weight is 383 g/mol. The van der Waals surface area contributed by atoms with E-state index in [0.717, 1.165) is 55.3 Å². The smallest absolute Gasteiger partial charge is 0.261 e. The lowest BCUT2D eigenvalue weighted by Gasteiger charge is -2.40. The molecule has 5 heterocycles. The van der Waals surface area contributed by atoms with Crippen molar-refractivity contribution in [3.8, 4) is 0 Å². The Morgan fingerprint density at radius 1 is 1.33 bits per heavy atom. The summed E-state index contributed by atoms with van der Waals surface area (Å²) in [5.74, 6) is 0.657. The van der Waals surface area contributed by atoms with E-state index in [-0.39, 0.29) is 11.5 Å². The lowest BCUT2D eigenvalue weighted by atomic mass is 9.86. The first-order valence-electron chi connectivity index (χ1n) is 9.30. The second kappa shape index (κ2) is 6.70. The van der Waals surface area contributed by atoms with Crippen molar-refractivity contribution in [2.24, 2.45) is 0 Å². The van der Waals surface area contributed by atoms with Crippen LogP contribution in [0.15, 0.2) is 30.5 Å². The number of amides is 1. The third-order valence-electron chi connectivity index (χ3n) is 5.40. The first-order valence-corrected chi connectivity index (χ1v) is 10.1. The third kappa shape index (κ3) is 2.93. The van der Waals surface area contributed by atoms with Gasteiger partial charge in [0.25, 0.3) is 5.91 Å². The summed E-state index contributed by atoms with van der Waals surface area (Å²) in [5.41, 5.74) is 1.84. The molecular formula is C19H21N5O2S. The van der Waals surface area contributed by atoms with Crippen LogP contribution >= 0.6 is 11.3 Å². The summed E-state index contributed by atoms with van der Waals surface area (Å²) in [6, 6.07) is 7.78. The van der Waals surface area contributed by atoms with Gasteiger partial charge in [0, 0.05) is 11.1 Å². The van der Waals surface area contributed by atoms with Gasteiger partial charge in [-0.3, -0.25) is 9.20 Å². The summed E-state index contributed by atoms with van der Waals surface area (Å²) >= 11 is 1.58. The molecule has 140 valence electrons. The predicted molar refractivity (Wildman–Crippen MR) is 102 cm³/mol. The molecule has 1 saturated heterocycles. The standard InChI is InChI=1S/C19H21N5O2S/c25-18(21-12-16-23-22-15-3-1-2-9-24(15)16)14-11-13-4-10-26-19(17(13)27-14)5-7-20-8-6-19/h1-3,9,11,20H,4-8,10,12H2,(H,21,25). The minimum Gasteiger partial charge on any atom is -0.369 e. The molecule has 0 atom stereocenters. The van der Waals surface area contributed by atoms with Crippen LogP contribution in [0.4, 0.5) is 0 Å². The number of nitrogens with one attached hydrogen (secondary N) is 2. The molecule has 2 aliphatic rings. The SMILES string of the molecule is O=C(NCc1nnc2ccccn12)c1cc2c(s1)C1(CCNCC1)OCC2. The molecule has 1 fully saturated rings. The Kier molecular flexibility index (Phi) is 4.18. The predicted octanol–water partition coefficient (Wildman–Crippen LogP) is 1.87. The van der Waals surface area contributed by atoms with Crippen LogP contribution in [0.5, 0.6) is 0 Å². The molecule has 0 unspecified atom stereocenters. The molecule has 0 bridgehead atoms. The van der Waals surface area contributed by atoms with Crippen LogP contribution in [-0.4, -0.2) is 40.2 Å². The lowest BCUT2D eigenvalue weighted by Crippen LogP contribution is -2.43. The number of thiophene rings is 1. The fraction of sp³-hybridized carbons (Fsp3) is 0.421. The molecule has 0 aliphatic carbocycles. The first kappa shape index (κ1) is 16.9. The van der Waals surface area contributed by atoms with Crippen LogP contribution in [-0.2, 0) is 23.3 Å². The quantitative estimate of drug-likeness (QED) is 0.722. The summed E-state index contributed by atoms with van der Waals surface area (Å²) in [6.45, 7) is 2.99. The number of rotatable bonds is 3. The van der Waals surface area contributed by atoms with Crippen molar-refractivity contribution in [3.63, 3.8) is 0 Å². The van der Waals surface area contributed by atoms with Crippen LogP contribution < -0.4 is 10.6 Å². The largest absolute Gasteiger partial charge is 0.369 e. The molecule has 3 aromatic rings. The van der Waals surface area contributed by atoms with Gasteiger partial charge < -0.3 is 15.4 Å². The number of hydrogen-bond donors (Lipinski definition) is 2. The fourth-order valence-electron chi connectivity index (χ4n) is 3.99. The Morgan fingerprint density at radius 2 is 2.22 bits per heavy atom. The van der Waals surface area contributed by atoms with E-state index < -0.39 is 0 Å². The minimum atomic E-state index is -0.203. The Balaban J connectivity index is 1.35. The molecule has 0 radical (unpaired) electrons. The Morgan fingerprint density at radius 3 is 3.11 bits per heavy atom. The number of hydrogen-bond acceptors (Lipinski definition) is 6. The molecule has 7 nitrogen and oxygen atoms in total. The molecule has 1 spiro atoms. The molecule has 27 heavy (non-hydrogen) atoms. The van der Waals surface area contributed by atoms with E-state index in [0.29, 0.717) is 6.54 Å². The van der Waals surface area contributed by atoms with E-state index in [1.807, 2.05) is 34.9 Å². The van der Waals surface area contributed by atoms with Crippen molar-refractivity contribution in [2.45, 2.75) is 31.4 Å². The first-order chi connectivity index (χ1) is 13.3. The second-order valence-electron chi connectivity index (χ2n) is 7.04. The molecule has 2 aliphatic heterocycles. The van der Waals surface area contributed by atoms with Gasteiger partial charge in [0.2, 0.25) is 0 Å². The summed E-state index contributed by atoms with van der Waals surface area (Å²) in [7, 11) is 0. The van der Waals surface area contributed by atoms with Crippen LogP contribution in [0.25, 0.3) is 5.65 Å². The normalized spacial score (nSPS) is 18.5. The lowest BCUT2D eigenvalue weighted by molar-refractivity contribution is -0.0771. The maximum absolute atomic E-state index is 12.8. The third-order valence-corrected chi connectivity index (χ3v) is 6.76. The number of fused-ring (bicyclic) bond motifs is 3. The van der Waals surface area contributed by atoms with E-state index in [1.165, 1.54) is 10.4 Å². The number of piperidine rings is 1. The number of carbonyl (C=O) groups excluding carboxylic acids is 1. The average Bonchev–Trinajstić information content (AvgIpc) is 3.32. The fourth-order valence-corrected chi connectivity index (χ4v) is 5.32. The maximum atomic E-state index is 12.8. The molecule has 0 aromatic carbocycles. The van der Waals surface area contributed by atoms with E-state index in [2.05, 4.69) is 20.8 Å². The van der Waals surface area contributed by atoms with Gasteiger partial charge in [-0.1, -0.05) is 6.07 Å². The van der Waals surface area contributed by atoms with Crippen LogP contribution in [0.2, 0.25) is 0 Å². The highest BCUT2D eigenvalue weighted by atomic mass is 32.1. The Labute approximate surface area is 160 Å². The zero-order chi connectivity index (χ0) is 18.3. The molecule has 5 rings (SSSR count). The van der Waals surface area contributed by atoms with Gasteiger partial charge in [0.1, 0.15) is 5.60 Å². The van der Waals surface area contributed by atoms with Crippen LogP contribution in [0.1, 0.15) is 38.8 Å². The van der Waals surface area contributed by atoms with Crippen molar-refractivity contribution in [3.05, 3.63) is 51.6 Å². The summed E-state index contributed by atoms with van der Waals surface area (Å²) in [5, 5.41) is 14.7. The van der Waals surface area contributed by atoms with Gasteiger partial charge in [-0.2, -0.15) is 0 Å². The number of aromatic nitrogens is 3. The van der Waals surface area contributed by atoms with Crippen molar-refractivity contribution >= 4 is 22.9 Å². The molecule has 8 heteroatoms. The minimum absolute atomic E-state index is 0.0637. The van der Waals surface area contributed by atoms with Gasteiger partial charge in [0.15, 0.2) is 11.5 Å².